The molecule has 0 aliphatic carbocycles. The fourth-order valence-corrected chi connectivity index (χ4v) is 4.78. The molecule has 1 aromatic carbocycles. The molecule has 1 aliphatic rings. The minimum Gasteiger partial charge on any atom is -0.495 e. The molecule has 0 radical (unpaired) electrons. The van der Waals surface area contributed by atoms with Crippen LogP contribution in [0.5, 0.6) is 5.75 Å². The number of rotatable bonds is 8. The zero-order valence-corrected chi connectivity index (χ0v) is 17.9. The minimum absolute atomic E-state index is 0.0427. The molecule has 0 saturated carbocycles. The maximum Gasteiger partial charge on any atom is 0.265 e. The molecule has 1 fully saturated rings. The van der Waals surface area contributed by atoms with Gasteiger partial charge in [-0.05, 0) is 29.6 Å². The lowest BCUT2D eigenvalue weighted by Crippen LogP contribution is -2.40. The van der Waals surface area contributed by atoms with Gasteiger partial charge in [-0.2, -0.15) is 15.6 Å². The highest BCUT2D eigenvalue weighted by molar-refractivity contribution is 7.89. The van der Waals surface area contributed by atoms with Gasteiger partial charge in [-0.25, -0.2) is 8.42 Å². The van der Waals surface area contributed by atoms with Gasteiger partial charge >= 0.3 is 0 Å². The van der Waals surface area contributed by atoms with E-state index in [-0.39, 0.29) is 29.5 Å². The van der Waals surface area contributed by atoms with Gasteiger partial charge in [0.25, 0.3) is 5.91 Å². The summed E-state index contributed by atoms with van der Waals surface area (Å²) >= 11 is 1.46. The van der Waals surface area contributed by atoms with Gasteiger partial charge in [0.05, 0.1) is 30.9 Å². The summed E-state index contributed by atoms with van der Waals surface area (Å²) in [7, 11) is -2.30. The number of amides is 1. The Morgan fingerprint density at radius 3 is 2.77 bits per heavy atom. The van der Waals surface area contributed by atoms with E-state index in [1.54, 1.807) is 11.4 Å². The van der Waals surface area contributed by atoms with Crippen molar-refractivity contribution >= 4 is 38.8 Å². The smallest absolute Gasteiger partial charge is 0.265 e. The molecule has 0 bridgehead atoms. The minimum atomic E-state index is -3.72. The van der Waals surface area contributed by atoms with Gasteiger partial charge in [-0.3, -0.25) is 4.79 Å². The second kappa shape index (κ2) is 9.89. The third kappa shape index (κ3) is 5.27. The first kappa shape index (κ1) is 22.0. The number of carbonyl (C=O) groups excluding carboxylic acids is 1. The van der Waals surface area contributed by atoms with Crippen LogP contribution in [-0.2, 0) is 24.4 Å². The number of nitrogens with two attached hydrogens (primary N) is 1. The van der Waals surface area contributed by atoms with Crippen molar-refractivity contribution in [2.24, 2.45) is 10.9 Å². The topological polar surface area (TPSA) is 133 Å². The average molecular weight is 455 g/mol. The van der Waals surface area contributed by atoms with E-state index >= 15 is 0 Å². The molecule has 12 heteroatoms. The summed E-state index contributed by atoms with van der Waals surface area (Å²) in [5, 5.41) is 9.93. The van der Waals surface area contributed by atoms with E-state index in [1.807, 2.05) is 5.38 Å². The number of sulfonamides is 1. The van der Waals surface area contributed by atoms with Crippen LogP contribution in [0.4, 0.5) is 5.69 Å². The number of amidine groups is 1. The van der Waals surface area contributed by atoms with Crippen LogP contribution in [-0.4, -0.2) is 64.5 Å². The van der Waals surface area contributed by atoms with Gasteiger partial charge in [-0.15, -0.1) is 0 Å². The quantitative estimate of drug-likeness (QED) is 0.346. The molecule has 162 valence electrons. The zero-order chi connectivity index (χ0) is 21.6. The first-order valence-electron chi connectivity index (χ1n) is 8.95. The molecular formula is C18H22N4O6S2. The monoisotopic (exact) mass is 454 g/mol. The molecule has 2 aromatic rings. The SMILES string of the molecule is COc1ccc(S(=O)(=O)N2CCOCC2)cc1NC(=O)CO/N=C(/N)c1ccsc1. The molecule has 3 N–H and O–H groups in total. The van der Waals surface area contributed by atoms with Gasteiger partial charge in [-0.1, -0.05) is 5.16 Å². The van der Waals surface area contributed by atoms with Crippen LogP contribution in [0.3, 0.4) is 0 Å². The van der Waals surface area contributed by atoms with Gasteiger partial charge in [0.15, 0.2) is 12.4 Å². The van der Waals surface area contributed by atoms with Gasteiger partial charge in [0, 0.05) is 24.0 Å². The van der Waals surface area contributed by atoms with Crippen LogP contribution < -0.4 is 15.8 Å². The number of hydrogen-bond acceptors (Lipinski definition) is 8. The van der Waals surface area contributed by atoms with Crippen LogP contribution >= 0.6 is 11.3 Å². The molecule has 1 saturated heterocycles. The third-order valence-electron chi connectivity index (χ3n) is 4.23. The average Bonchev–Trinajstić information content (AvgIpc) is 3.29. The molecule has 3 rings (SSSR count). The highest BCUT2D eigenvalue weighted by Crippen LogP contribution is 2.29. The van der Waals surface area contributed by atoms with Crippen molar-refractivity contribution in [3.63, 3.8) is 0 Å². The Hall–Kier alpha value is -2.67. The number of hydrogen-bond donors (Lipinski definition) is 2. The maximum absolute atomic E-state index is 12.8. The van der Waals surface area contributed by atoms with Crippen molar-refractivity contribution in [1.29, 1.82) is 0 Å². The fraction of sp³-hybridized carbons (Fsp3) is 0.333. The summed E-state index contributed by atoms with van der Waals surface area (Å²) < 4.78 is 37.5. The summed E-state index contributed by atoms with van der Waals surface area (Å²) in [6.45, 7) is 0.812. The summed E-state index contributed by atoms with van der Waals surface area (Å²) in [6, 6.07) is 6.04. The van der Waals surface area contributed by atoms with Gasteiger partial charge in [0.1, 0.15) is 5.75 Å². The van der Waals surface area contributed by atoms with Crippen molar-refractivity contribution in [2.45, 2.75) is 4.90 Å². The Bertz CT molecular complexity index is 1000. The van der Waals surface area contributed by atoms with Crippen LogP contribution in [0.15, 0.2) is 45.1 Å². The molecule has 1 aliphatic heterocycles. The normalized spacial score (nSPS) is 15.6. The van der Waals surface area contributed by atoms with E-state index in [1.165, 1.54) is 41.0 Å². The molecule has 0 spiro atoms. The third-order valence-corrected chi connectivity index (χ3v) is 6.81. The molecule has 1 amide bonds. The Balaban J connectivity index is 1.69. The maximum atomic E-state index is 12.8. The lowest BCUT2D eigenvalue weighted by atomic mass is 10.3. The van der Waals surface area contributed by atoms with Crippen LogP contribution in [0.25, 0.3) is 0 Å². The summed E-state index contributed by atoms with van der Waals surface area (Å²) in [5.41, 5.74) is 6.66. The highest BCUT2D eigenvalue weighted by Gasteiger charge is 2.27. The van der Waals surface area contributed by atoms with E-state index < -0.39 is 22.5 Å². The van der Waals surface area contributed by atoms with E-state index in [9.17, 15) is 13.2 Å². The predicted octanol–water partition coefficient (Wildman–Crippen LogP) is 1.05. The first-order valence-corrected chi connectivity index (χ1v) is 11.3. The molecule has 0 unspecified atom stereocenters. The molecular weight excluding hydrogens is 432 g/mol. The number of morpholine rings is 1. The zero-order valence-electron chi connectivity index (χ0n) is 16.2. The van der Waals surface area contributed by atoms with Gasteiger partial charge < -0.3 is 25.4 Å². The van der Waals surface area contributed by atoms with Crippen molar-refractivity contribution in [3.05, 3.63) is 40.6 Å². The van der Waals surface area contributed by atoms with E-state index in [4.69, 9.17) is 20.0 Å². The number of nitrogens with one attached hydrogen (secondary N) is 1. The number of oxime groups is 1. The molecule has 0 atom stereocenters. The van der Waals surface area contributed by atoms with Crippen LogP contribution in [0.1, 0.15) is 5.56 Å². The molecule has 1 aromatic heterocycles. The Labute approximate surface area is 178 Å². The van der Waals surface area contributed by atoms with Crippen molar-refractivity contribution in [1.82, 2.24) is 4.31 Å². The van der Waals surface area contributed by atoms with Crippen molar-refractivity contribution < 1.29 is 27.5 Å². The fourth-order valence-electron chi connectivity index (χ4n) is 2.69. The van der Waals surface area contributed by atoms with E-state index in [2.05, 4.69) is 10.5 Å². The number of carbonyl (C=O) groups is 1. The summed E-state index contributed by atoms with van der Waals surface area (Å²) in [5.74, 6) is -0.0816. The number of anilines is 1. The molecule has 30 heavy (non-hydrogen) atoms. The van der Waals surface area contributed by atoms with Crippen LogP contribution in [0, 0.1) is 0 Å². The van der Waals surface area contributed by atoms with E-state index in [0.29, 0.717) is 24.5 Å². The lowest BCUT2D eigenvalue weighted by molar-refractivity contribution is -0.120. The Kier molecular flexibility index (Phi) is 7.26. The number of nitrogens with zero attached hydrogens (tertiary/aromatic N) is 2. The van der Waals surface area contributed by atoms with Gasteiger partial charge in [0.2, 0.25) is 10.0 Å². The second-order valence-corrected chi connectivity index (χ2v) is 8.91. The van der Waals surface area contributed by atoms with E-state index in [0.717, 1.165) is 0 Å². The Morgan fingerprint density at radius 1 is 1.33 bits per heavy atom. The highest BCUT2D eigenvalue weighted by atomic mass is 32.2. The summed E-state index contributed by atoms with van der Waals surface area (Å²) in [6.07, 6.45) is 0. The number of thiophene rings is 1. The number of benzene rings is 1. The Morgan fingerprint density at radius 2 is 2.10 bits per heavy atom. The van der Waals surface area contributed by atoms with Crippen molar-refractivity contribution in [2.75, 3.05) is 45.3 Å². The largest absolute Gasteiger partial charge is 0.495 e. The lowest BCUT2D eigenvalue weighted by Gasteiger charge is -2.26. The standard InChI is InChI=1S/C18H22N4O6S2/c1-26-16-3-2-14(30(24,25)22-5-7-27-8-6-22)10-15(16)20-17(23)11-28-21-18(19)13-4-9-29-12-13/h2-4,9-10,12H,5-8,11H2,1H3,(H2,19,21)(H,20,23). The predicted molar refractivity (Wildman–Crippen MR) is 112 cm³/mol. The number of ether oxygens (including phenoxy) is 2. The number of methoxy groups -OCH3 is 1. The van der Waals surface area contributed by atoms with Crippen molar-refractivity contribution in [3.8, 4) is 5.75 Å². The first-order chi connectivity index (χ1) is 14.4. The molecule has 2 heterocycles. The van der Waals surface area contributed by atoms with Crippen LogP contribution in [0.2, 0.25) is 0 Å². The second-order valence-electron chi connectivity index (χ2n) is 6.19. The summed E-state index contributed by atoms with van der Waals surface area (Å²) in [4.78, 5) is 17.3. The molecule has 10 nitrogen and oxygen atoms in total.